The number of para-hydroxylation sites is 1. The first kappa shape index (κ1) is 16.3. The summed E-state index contributed by atoms with van der Waals surface area (Å²) in [5.41, 5.74) is -5.69. The van der Waals surface area contributed by atoms with Crippen molar-refractivity contribution < 1.29 is 31.5 Å². The van der Waals surface area contributed by atoms with Crippen LogP contribution in [0.3, 0.4) is 0 Å². The number of carboxylic acid groups (broad SMARTS) is 1. The maximum Gasteiger partial charge on any atom is 0.501 e. The molecule has 0 saturated heterocycles. The van der Waals surface area contributed by atoms with Crippen molar-refractivity contribution in [2.45, 2.75) is 17.3 Å². The van der Waals surface area contributed by atoms with Crippen molar-refractivity contribution in [3.8, 4) is 0 Å². The van der Waals surface area contributed by atoms with Crippen molar-refractivity contribution in [1.82, 2.24) is 0 Å². The van der Waals surface area contributed by atoms with Crippen LogP contribution in [0.2, 0.25) is 0 Å². The summed E-state index contributed by atoms with van der Waals surface area (Å²) >= 11 is 0. The van der Waals surface area contributed by atoms with Crippen LogP contribution in [-0.2, 0) is 14.6 Å². The average Bonchev–Trinajstić information content (AvgIpc) is 2.34. The van der Waals surface area contributed by atoms with Crippen LogP contribution in [0.25, 0.3) is 0 Å². The first-order valence-electron chi connectivity index (χ1n) is 5.44. The molecule has 5 nitrogen and oxygen atoms in total. The highest BCUT2D eigenvalue weighted by molar-refractivity contribution is 7.92. The number of halogens is 3. The highest BCUT2D eigenvalue weighted by Gasteiger charge is 2.47. The van der Waals surface area contributed by atoms with E-state index in [-0.39, 0.29) is 12.2 Å². The molecule has 9 heteroatoms. The van der Waals surface area contributed by atoms with E-state index in [9.17, 15) is 26.4 Å². The molecule has 0 amide bonds. The Morgan fingerprint density at radius 2 is 1.90 bits per heavy atom. The minimum Gasteiger partial charge on any atom is -0.481 e. The van der Waals surface area contributed by atoms with Gasteiger partial charge in [-0.2, -0.15) is 13.2 Å². The van der Waals surface area contributed by atoms with Crippen molar-refractivity contribution in [3.05, 3.63) is 24.3 Å². The van der Waals surface area contributed by atoms with Crippen LogP contribution in [0, 0.1) is 5.92 Å². The van der Waals surface area contributed by atoms with E-state index in [1.165, 1.54) is 13.0 Å². The predicted molar refractivity (Wildman–Crippen MR) is 65.0 cm³/mol. The van der Waals surface area contributed by atoms with Crippen LogP contribution >= 0.6 is 0 Å². The third-order valence-corrected chi connectivity index (χ3v) is 4.05. The van der Waals surface area contributed by atoms with Crippen LogP contribution in [0.5, 0.6) is 0 Å². The summed E-state index contributed by atoms with van der Waals surface area (Å²) < 4.78 is 60.3. The fourth-order valence-corrected chi connectivity index (χ4v) is 2.26. The number of sulfone groups is 1. The second-order valence-electron chi connectivity index (χ2n) is 4.07. The van der Waals surface area contributed by atoms with E-state index in [4.69, 9.17) is 5.11 Å². The number of hydrogen-bond acceptors (Lipinski definition) is 4. The molecule has 0 heterocycles. The first-order valence-corrected chi connectivity index (χ1v) is 6.92. The quantitative estimate of drug-likeness (QED) is 0.870. The second-order valence-corrected chi connectivity index (χ2v) is 5.98. The van der Waals surface area contributed by atoms with Gasteiger partial charge >= 0.3 is 11.5 Å². The van der Waals surface area contributed by atoms with Gasteiger partial charge in [0.1, 0.15) is 0 Å². The zero-order chi connectivity index (χ0) is 15.6. The fraction of sp³-hybridized carbons (Fsp3) is 0.364. The number of benzene rings is 1. The molecule has 2 N–H and O–H groups in total. The Hall–Kier alpha value is -1.77. The van der Waals surface area contributed by atoms with Gasteiger partial charge < -0.3 is 10.4 Å². The number of nitrogens with one attached hydrogen (secondary N) is 1. The van der Waals surface area contributed by atoms with Crippen molar-refractivity contribution in [1.29, 1.82) is 0 Å². The molecule has 1 atom stereocenters. The first-order chi connectivity index (χ1) is 9.07. The molecular weight excluding hydrogens is 299 g/mol. The van der Waals surface area contributed by atoms with Gasteiger partial charge in [0.2, 0.25) is 0 Å². The summed E-state index contributed by atoms with van der Waals surface area (Å²) in [5.74, 6) is -2.02. The Morgan fingerprint density at radius 3 is 2.40 bits per heavy atom. The normalized spacial score (nSPS) is 13.8. The van der Waals surface area contributed by atoms with E-state index in [1.807, 2.05) is 0 Å². The summed E-state index contributed by atoms with van der Waals surface area (Å²) in [4.78, 5) is 9.70. The Kier molecular flexibility index (Phi) is 4.64. The van der Waals surface area contributed by atoms with E-state index in [0.29, 0.717) is 0 Å². The van der Waals surface area contributed by atoms with E-state index in [2.05, 4.69) is 5.32 Å². The van der Waals surface area contributed by atoms with Crippen molar-refractivity contribution in [3.63, 3.8) is 0 Å². The summed E-state index contributed by atoms with van der Waals surface area (Å²) in [5, 5.41) is 11.1. The molecule has 0 spiro atoms. The molecule has 0 aliphatic rings. The van der Waals surface area contributed by atoms with Gasteiger partial charge in [-0.1, -0.05) is 19.1 Å². The highest BCUT2D eigenvalue weighted by Crippen LogP contribution is 2.34. The van der Waals surface area contributed by atoms with Crippen LogP contribution in [0.1, 0.15) is 6.92 Å². The van der Waals surface area contributed by atoms with Crippen molar-refractivity contribution >= 4 is 21.5 Å². The highest BCUT2D eigenvalue weighted by atomic mass is 32.2. The number of hydrogen-bond donors (Lipinski definition) is 2. The van der Waals surface area contributed by atoms with Gasteiger partial charge in [-0.15, -0.1) is 0 Å². The average molecular weight is 311 g/mol. The van der Waals surface area contributed by atoms with Crippen LogP contribution < -0.4 is 5.32 Å². The lowest BCUT2D eigenvalue weighted by Crippen LogP contribution is -2.25. The summed E-state index contributed by atoms with van der Waals surface area (Å²) in [6.07, 6.45) is 0. The van der Waals surface area contributed by atoms with Crippen molar-refractivity contribution in [2.24, 2.45) is 5.92 Å². The van der Waals surface area contributed by atoms with E-state index < -0.39 is 32.1 Å². The zero-order valence-corrected chi connectivity index (χ0v) is 11.1. The van der Waals surface area contributed by atoms with E-state index in [0.717, 1.165) is 18.2 Å². The molecule has 0 bridgehead atoms. The molecule has 1 aromatic rings. The molecule has 0 radical (unpaired) electrons. The Labute approximate surface area is 113 Å². The van der Waals surface area contributed by atoms with Gasteiger partial charge in [-0.3, -0.25) is 4.79 Å². The van der Waals surface area contributed by atoms with E-state index in [1.54, 1.807) is 0 Å². The van der Waals surface area contributed by atoms with Crippen LogP contribution in [0.15, 0.2) is 29.2 Å². The Morgan fingerprint density at radius 1 is 1.35 bits per heavy atom. The molecule has 1 aromatic carbocycles. The predicted octanol–water partition coefficient (Wildman–Crippen LogP) is 2.11. The maximum atomic E-state index is 12.5. The molecule has 20 heavy (non-hydrogen) atoms. The molecule has 0 aliphatic heterocycles. The minimum atomic E-state index is -5.49. The molecule has 0 aliphatic carbocycles. The zero-order valence-electron chi connectivity index (χ0n) is 10.3. The largest absolute Gasteiger partial charge is 0.501 e. The second kappa shape index (κ2) is 5.70. The van der Waals surface area contributed by atoms with Crippen LogP contribution in [0.4, 0.5) is 18.9 Å². The number of carboxylic acids is 1. The number of carbonyl (C=O) groups is 1. The van der Waals surface area contributed by atoms with Gasteiger partial charge in [0.05, 0.1) is 16.5 Å². The topological polar surface area (TPSA) is 83.5 Å². The lowest BCUT2D eigenvalue weighted by atomic mass is 10.2. The Balaban J connectivity index is 3.10. The minimum absolute atomic E-state index is 0.195. The van der Waals surface area contributed by atoms with Gasteiger partial charge in [0, 0.05) is 6.54 Å². The summed E-state index contributed by atoms with van der Waals surface area (Å²) in [7, 11) is -5.49. The van der Waals surface area contributed by atoms with Gasteiger partial charge in [-0.25, -0.2) is 8.42 Å². The SMILES string of the molecule is CC(CNc1ccccc1S(=O)(=O)C(F)(F)F)C(=O)O. The molecule has 0 fully saturated rings. The number of rotatable bonds is 5. The molecule has 1 unspecified atom stereocenters. The maximum absolute atomic E-state index is 12.5. The number of anilines is 1. The number of alkyl halides is 3. The molecule has 0 aromatic heterocycles. The standard InChI is InChI=1S/C11H12F3NO4S/c1-7(10(16)17)6-15-8-4-2-3-5-9(8)20(18,19)11(12,13)14/h2-5,7,15H,6H2,1H3,(H,16,17). The van der Waals surface area contributed by atoms with Crippen molar-refractivity contribution in [2.75, 3.05) is 11.9 Å². The lowest BCUT2D eigenvalue weighted by Gasteiger charge is -2.15. The van der Waals surface area contributed by atoms with Gasteiger partial charge in [-0.05, 0) is 12.1 Å². The number of aliphatic carboxylic acids is 1. The summed E-state index contributed by atoms with van der Waals surface area (Å²) in [6, 6.07) is 4.47. The molecular formula is C11H12F3NO4S. The van der Waals surface area contributed by atoms with Gasteiger partial charge in [0.15, 0.2) is 0 Å². The Bertz CT molecular complexity index is 598. The van der Waals surface area contributed by atoms with E-state index >= 15 is 0 Å². The third kappa shape index (κ3) is 3.41. The van der Waals surface area contributed by atoms with Crippen LogP contribution in [-0.4, -0.2) is 31.5 Å². The summed E-state index contributed by atoms with van der Waals surface area (Å²) in [6.45, 7) is 1.15. The third-order valence-electron chi connectivity index (χ3n) is 2.50. The molecule has 1 rings (SSSR count). The smallest absolute Gasteiger partial charge is 0.481 e. The monoisotopic (exact) mass is 311 g/mol. The molecule has 0 saturated carbocycles. The van der Waals surface area contributed by atoms with Gasteiger partial charge in [0.25, 0.3) is 9.84 Å². The molecule has 112 valence electrons. The lowest BCUT2D eigenvalue weighted by molar-refractivity contribution is -0.140. The fourth-order valence-electron chi connectivity index (χ4n) is 1.32.